The lowest BCUT2D eigenvalue weighted by Crippen LogP contribution is -2.10. The summed E-state index contributed by atoms with van der Waals surface area (Å²) in [5.74, 6) is 3.52. The summed E-state index contributed by atoms with van der Waals surface area (Å²) < 4.78 is 5.56. The van der Waals surface area contributed by atoms with Crippen LogP contribution in [-0.2, 0) is 5.88 Å². The number of hydrogen-bond donors (Lipinski definition) is 0. The summed E-state index contributed by atoms with van der Waals surface area (Å²) >= 11 is 5.65. The standard InChI is InChI=1S/C11H16ClNO/c1-8-2-4-9(5-3-8)10-7-13-11(6-12)14-10/h7-9H,2-6H2,1H3. The van der Waals surface area contributed by atoms with Gasteiger partial charge in [0.05, 0.1) is 12.1 Å². The van der Waals surface area contributed by atoms with Crippen molar-refractivity contribution in [3.05, 3.63) is 17.8 Å². The highest BCUT2D eigenvalue weighted by Crippen LogP contribution is 2.35. The molecule has 14 heavy (non-hydrogen) atoms. The average molecular weight is 214 g/mol. The minimum atomic E-state index is 0.378. The largest absolute Gasteiger partial charge is 0.444 e. The number of rotatable bonds is 2. The van der Waals surface area contributed by atoms with Crippen LogP contribution in [-0.4, -0.2) is 4.98 Å². The first-order chi connectivity index (χ1) is 6.79. The van der Waals surface area contributed by atoms with Crippen molar-refractivity contribution in [3.8, 4) is 0 Å². The second-order valence-electron chi connectivity index (χ2n) is 4.25. The molecule has 1 fully saturated rings. The van der Waals surface area contributed by atoms with Crippen LogP contribution in [0.5, 0.6) is 0 Å². The number of halogens is 1. The predicted octanol–water partition coefficient (Wildman–Crippen LogP) is 3.71. The van der Waals surface area contributed by atoms with E-state index in [-0.39, 0.29) is 0 Å². The van der Waals surface area contributed by atoms with Gasteiger partial charge in [0.1, 0.15) is 5.76 Å². The zero-order valence-electron chi connectivity index (χ0n) is 8.50. The molecule has 0 N–H and O–H groups in total. The minimum Gasteiger partial charge on any atom is -0.444 e. The van der Waals surface area contributed by atoms with Crippen molar-refractivity contribution in [2.24, 2.45) is 5.92 Å². The summed E-state index contributed by atoms with van der Waals surface area (Å²) in [6.45, 7) is 2.32. The molecule has 1 aromatic rings. The number of hydrogen-bond acceptors (Lipinski definition) is 2. The third kappa shape index (κ3) is 2.11. The molecule has 1 aromatic heterocycles. The highest BCUT2D eigenvalue weighted by atomic mass is 35.5. The Labute approximate surface area is 89.7 Å². The normalized spacial score (nSPS) is 27.9. The molecule has 0 bridgehead atoms. The lowest BCUT2D eigenvalue weighted by Gasteiger charge is -2.24. The van der Waals surface area contributed by atoms with E-state index in [1.165, 1.54) is 25.7 Å². The third-order valence-corrected chi connectivity index (χ3v) is 3.33. The van der Waals surface area contributed by atoms with Crippen molar-refractivity contribution in [1.82, 2.24) is 4.98 Å². The van der Waals surface area contributed by atoms with Crippen molar-refractivity contribution in [2.45, 2.75) is 44.4 Å². The Morgan fingerprint density at radius 3 is 2.71 bits per heavy atom. The van der Waals surface area contributed by atoms with E-state index in [1.54, 1.807) is 0 Å². The van der Waals surface area contributed by atoms with Gasteiger partial charge in [0.15, 0.2) is 0 Å². The van der Waals surface area contributed by atoms with Crippen LogP contribution < -0.4 is 0 Å². The Balaban J connectivity index is 2.01. The lowest BCUT2D eigenvalue weighted by atomic mass is 9.82. The maximum absolute atomic E-state index is 5.65. The summed E-state index contributed by atoms with van der Waals surface area (Å²) in [4.78, 5) is 4.13. The summed E-state index contributed by atoms with van der Waals surface area (Å²) in [5, 5.41) is 0. The maximum atomic E-state index is 5.65. The second-order valence-corrected chi connectivity index (χ2v) is 4.51. The monoisotopic (exact) mass is 213 g/mol. The second kappa shape index (κ2) is 4.35. The van der Waals surface area contributed by atoms with Gasteiger partial charge in [0.2, 0.25) is 5.89 Å². The SMILES string of the molecule is CC1CCC(c2cnc(CCl)o2)CC1. The smallest absolute Gasteiger partial charge is 0.209 e. The molecule has 78 valence electrons. The summed E-state index contributed by atoms with van der Waals surface area (Å²) in [6.07, 6.45) is 6.93. The van der Waals surface area contributed by atoms with Crippen LogP contribution in [0, 0.1) is 5.92 Å². The van der Waals surface area contributed by atoms with Crippen LogP contribution in [0.15, 0.2) is 10.6 Å². The van der Waals surface area contributed by atoms with E-state index in [9.17, 15) is 0 Å². The first kappa shape index (κ1) is 10.0. The van der Waals surface area contributed by atoms with E-state index in [4.69, 9.17) is 16.0 Å². The molecule has 0 atom stereocenters. The summed E-state index contributed by atoms with van der Waals surface area (Å²) in [7, 11) is 0. The van der Waals surface area contributed by atoms with Gasteiger partial charge in [0, 0.05) is 5.92 Å². The van der Waals surface area contributed by atoms with Gasteiger partial charge in [-0.1, -0.05) is 19.8 Å². The summed E-state index contributed by atoms with van der Waals surface area (Å²) in [5.41, 5.74) is 0. The van der Waals surface area contributed by atoms with Gasteiger partial charge in [-0.3, -0.25) is 0 Å². The van der Waals surface area contributed by atoms with Crippen LogP contribution >= 0.6 is 11.6 Å². The maximum Gasteiger partial charge on any atom is 0.209 e. The molecule has 0 spiro atoms. The first-order valence-corrected chi connectivity index (χ1v) is 5.83. The Bertz CT molecular complexity index is 289. The molecule has 0 unspecified atom stereocenters. The zero-order chi connectivity index (χ0) is 9.97. The Morgan fingerprint density at radius 2 is 2.14 bits per heavy atom. The lowest BCUT2D eigenvalue weighted by molar-refractivity contribution is 0.310. The molecule has 2 rings (SSSR count). The number of alkyl halides is 1. The summed E-state index contributed by atoms with van der Waals surface area (Å²) in [6, 6.07) is 0. The van der Waals surface area contributed by atoms with Crippen LogP contribution in [0.3, 0.4) is 0 Å². The third-order valence-electron chi connectivity index (χ3n) is 3.10. The van der Waals surface area contributed by atoms with Crippen LogP contribution in [0.2, 0.25) is 0 Å². The molecule has 0 amide bonds. The van der Waals surface area contributed by atoms with Crippen LogP contribution in [0.4, 0.5) is 0 Å². The van der Waals surface area contributed by atoms with E-state index in [0.717, 1.165) is 11.7 Å². The van der Waals surface area contributed by atoms with Gasteiger partial charge in [0.25, 0.3) is 0 Å². The van der Waals surface area contributed by atoms with Gasteiger partial charge < -0.3 is 4.42 Å². The molecule has 0 aromatic carbocycles. The number of nitrogens with zero attached hydrogens (tertiary/aromatic N) is 1. The molecule has 1 saturated carbocycles. The molecular weight excluding hydrogens is 198 g/mol. The quantitative estimate of drug-likeness (QED) is 0.700. The zero-order valence-corrected chi connectivity index (χ0v) is 9.26. The molecule has 3 heteroatoms. The van der Waals surface area contributed by atoms with Gasteiger partial charge >= 0.3 is 0 Å². The van der Waals surface area contributed by atoms with Crippen molar-refractivity contribution < 1.29 is 4.42 Å². The van der Waals surface area contributed by atoms with Gasteiger partial charge in [-0.25, -0.2) is 4.98 Å². The van der Waals surface area contributed by atoms with E-state index < -0.39 is 0 Å². The fourth-order valence-electron chi connectivity index (χ4n) is 2.12. The van der Waals surface area contributed by atoms with E-state index in [2.05, 4.69) is 11.9 Å². The van der Waals surface area contributed by atoms with Crippen molar-refractivity contribution in [3.63, 3.8) is 0 Å². The number of oxazole rings is 1. The van der Waals surface area contributed by atoms with Crippen LogP contribution in [0.25, 0.3) is 0 Å². The van der Waals surface area contributed by atoms with Gasteiger partial charge in [-0.15, -0.1) is 11.6 Å². The fraction of sp³-hybridized carbons (Fsp3) is 0.727. The highest BCUT2D eigenvalue weighted by Gasteiger charge is 2.22. The fourth-order valence-corrected chi connectivity index (χ4v) is 2.24. The molecule has 0 radical (unpaired) electrons. The molecule has 1 aliphatic carbocycles. The van der Waals surface area contributed by atoms with Crippen LogP contribution in [0.1, 0.15) is 50.2 Å². The average Bonchev–Trinajstić information content (AvgIpc) is 2.67. The predicted molar refractivity (Wildman–Crippen MR) is 56.4 cm³/mol. The molecule has 0 aliphatic heterocycles. The Morgan fingerprint density at radius 1 is 1.43 bits per heavy atom. The minimum absolute atomic E-state index is 0.378. The van der Waals surface area contributed by atoms with Crippen molar-refractivity contribution in [1.29, 1.82) is 0 Å². The topological polar surface area (TPSA) is 26.0 Å². The molecule has 1 aliphatic rings. The van der Waals surface area contributed by atoms with Crippen molar-refractivity contribution >= 4 is 11.6 Å². The van der Waals surface area contributed by atoms with E-state index in [0.29, 0.717) is 17.7 Å². The number of aromatic nitrogens is 1. The van der Waals surface area contributed by atoms with Gasteiger partial charge in [-0.2, -0.15) is 0 Å². The Hall–Kier alpha value is -0.500. The van der Waals surface area contributed by atoms with Gasteiger partial charge in [-0.05, 0) is 18.8 Å². The van der Waals surface area contributed by atoms with Crippen molar-refractivity contribution in [2.75, 3.05) is 0 Å². The highest BCUT2D eigenvalue weighted by molar-refractivity contribution is 6.16. The van der Waals surface area contributed by atoms with E-state index >= 15 is 0 Å². The molecule has 1 heterocycles. The molecule has 0 saturated heterocycles. The van der Waals surface area contributed by atoms with E-state index in [1.807, 2.05) is 6.20 Å². The first-order valence-electron chi connectivity index (χ1n) is 5.30. The molecular formula is C11H16ClNO. The Kier molecular flexibility index (Phi) is 3.12. The molecule has 2 nitrogen and oxygen atoms in total.